The first-order valence-corrected chi connectivity index (χ1v) is 12.9. The smallest absolute Gasteiger partial charge is 0.340 e. The van der Waals surface area contributed by atoms with Crippen LogP contribution in [0.5, 0.6) is 11.5 Å². The molecule has 0 bridgehead atoms. The summed E-state index contributed by atoms with van der Waals surface area (Å²) in [6.07, 6.45) is 1.80. The van der Waals surface area contributed by atoms with E-state index in [9.17, 15) is 9.59 Å². The third kappa shape index (κ3) is 4.80. The molecule has 0 radical (unpaired) electrons. The lowest BCUT2D eigenvalue weighted by Crippen LogP contribution is -2.16. The number of Topliss-reactive ketones (excluding diaryl/α,β-unsaturated/α-hetero) is 1. The summed E-state index contributed by atoms with van der Waals surface area (Å²) >= 11 is 2.99. The van der Waals surface area contributed by atoms with E-state index in [2.05, 4.69) is 0 Å². The van der Waals surface area contributed by atoms with Crippen LogP contribution >= 0.6 is 22.7 Å². The summed E-state index contributed by atoms with van der Waals surface area (Å²) in [5.41, 5.74) is 3.50. The highest BCUT2D eigenvalue weighted by atomic mass is 32.1. The van der Waals surface area contributed by atoms with Crippen LogP contribution in [0.25, 0.3) is 17.3 Å². The van der Waals surface area contributed by atoms with Gasteiger partial charge >= 0.3 is 5.97 Å². The van der Waals surface area contributed by atoms with Crippen LogP contribution in [0.4, 0.5) is 0 Å². The van der Waals surface area contributed by atoms with Gasteiger partial charge < -0.3 is 18.8 Å². The molecule has 0 fully saturated rings. The first-order valence-electron chi connectivity index (χ1n) is 11.1. The van der Waals surface area contributed by atoms with E-state index in [1.165, 1.54) is 22.7 Å². The minimum atomic E-state index is -0.519. The number of hydrogen-bond acceptors (Lipinski definition) is 7. The zero-order valence-electron chi connectivity index (χ0n) is 19.3. The van der Waals surface area contributed by atoms with Crippen molar-refractivity contribution in [1.82, 2.24) is 4.57 Å². The predicted molar refractivity (Wildman–Crippen MR) is 138 cm³/mol. The van der Waals surface area contributed by atoms with E-state index in [-0.39, 0.29) is 12.4 Å². The van der Waals surface area contributed by atoms with Crippen molar-refractivity contribution in [2.75, 3.05) is 19.8 Å². The molecule has 3 aromatic heterocycles. The maximum atomic E-state index is 13.1. The van der Waals surface area contributed by atoms with E-state index in [1.54, 1.807) is 6.08 Å². The fraction of sp³-hybridized carbons (Fsp3) is 0.185. The lowest BCUT2D eigenvalue weighted by atomic mass is 10.1. The van der Waals surface area contributed by atoms with Gasteiger partial charge in [0.15, 0.2) is 18.1 Å². The fourth-order valence-electron chi connectivity index (χ4n) is 4.08. The molecular weight excluding hydrogens is 482 g/mol. The highest BCUT2D eigenvalue weighted by Gasteiger charge is 2.22. The largest absolute Gasteiger partial charge is 0.486 e. The number of carbonyl (C=O) groups excluding carboxylic acids is 2. The van der Waals surface area contributed by atoms with Crippen LogP contribution < -0.4 is 9.47 Å². The van der Waals surface area contributed by atoms with Crippen molar-refractivity contribution in [3.63, 3.8) is 0 Å². The molecule has 0 N–H and O–H groups in total. The Bertz CT molecular complexity index is 1400. The minimum Gasteiger partial charge on any atom is -0.486 e. The van der Waals surface area contributed by atoms with Crippen molar-refractivity contribution >= 4 is 46.1 Å². The van der Waals surface area contributed by atoms with Crippen molar-refractivity contribution in [3.8, 4) is 17.2 Å². The number of aryl methyl sites for hydroxylation is 1. The van der Waals surface area contributed by atoms with Crippen LogP contribution in [-0.2, 0) is 9.53 Å². The molecule has 0 amide bonds. The topological polar surface area (TPSA) is 66.8 Å². The molecule has 0 unspecified atom stereocenters. The highest BCUT2D eigenvalue weighted by Crippen LogP contribution is 2.33. The van der Waals surface area contributed by atoms with Gasteiger partial charge in [0, 0.05) is 38.5 Å². The molecule has 0 saturated carbocycles. The number of fused-ring (bicyclic) bond motifs is 1. The Hall–Kier alpha value is -3.62. The lowest BCUT2D eigenvalue weighted by Gasteiger charge is -2.20. The van der Waals surface area contributed by atoms with E-state index < -0.39 is 5.97 Å². The average Bonchev–Trinajstić information content (AvgIpc) is 3.63. The van der Waals surface area contributed by atoms with Gasteiger partial charge in [0.05, 0.1) is 5.57 Å². The first kappa shape index (κ1) is 23.1. The molecule has 5 rings (SSSR count). The van der Waals surface area contributed by atoms with E-state index in [0.717, 1.165) is 26.8 Å². The number of nitrogens with zero attached hydrogens (tertiary/aromatic N) is 1. The summed E-state index contributed by atoms with van der Waals surface area (Å²) in [4.78, 5) is 27.8. The number of rotatable bonds is 7. The molecule has 4 heterocycles. The molecule has 0 aliphatic carbocycles. The van der Waals surface area contributed by atoms with Gasteiger partial charge in [0.2, 0.25) is 5.78 Å². The number of benzene rings is 1. The molecule has 1 aliphatic rings. The zero-order chi connectivity index (χ0) is 24.4. The maximum absolute atomic E-state index is 13.1. The summed E-state index contributed by atoms with van der Waals surface area (Å²) in [5.74, 6) is 0.622. The molecule has 4 aromatic rings. The lowest BCUT2D eigenvalue weighted by molar-refractivity contribution is -0.135. The average molecular weight is 506 g/mol. The normalized spacial score (nSPS) is 13.0. The van der Waals surface area contributed by atoms with Crippen LogP contribution in [0.2, 0.25) is 0 Å². The zero-order valence-corrected chi connectivity index (χ0v) is 20.9. The Balaban J connectivity index is 1.35. The Morgan fingerprint density at radius 3 is 2.51 bits per heavy atom. The molecule has 1 aliphatic heterocycles. The van der Waals surface area contributed by atoms with Crippen LogP contribution in [-0.4, -0.2) is 36.1 Å². The number of hydrogen-bond donors (Lipinski definition) is 0. The molecule has 0 saturated heterocycles. The Morgan fingerprint density at radius 2 is 1.77 bits per heavy atom. The van der Waals surface area contributed by atoms with E-state index in [0.29, 0.717) is 35.8 Å². The number of ketones is 1. The van der Waals surface area contributed by atoms with Gasteiger partial charge in [-0.15, -0.1) is 22.7 Å². The van der Waals surface area contributed by atoms with Gasteiger partial charge in [-0.25, -0.2) is 4.79 Å². The quantitative estimate of drug-likeness (QED) is 0.176. The summed E-state index contributed by atoms with van der Waals surface area (Å²) in [5, 5.41) is 3.85. The third-order valence-electron chi connectivity index (χ3n) is 5.69. The second-order valence-corrected chi connectivity index (χ2v) is 9.93. The second kappa shape index (κ2) is 9.93. The summed E-state index contributed by atoms with van der Waals surface area (Å²) in [6.45, 7) is 4.51. The van der Waals surface area contributed by atoms with Crippen LogP contribution in [0.3, 0.4) is 0 Å². The number of aromatic nitrogens is 1. The van der Waals surface area contributed by atoms with Gasteiger partial charge in [0.1, 0.15) is 13.2 Å². The van der Waals surface area contributed by atoms with E-state index in [4.69, 9.17) is 14.2 Å². The monoisotopic (exact) mass is 505 g/mol. The van der Waals surface area contributed by atoms with Crippen LogP contribution in [0.1, 0.15) is 31.5 Å². The molecule has 8 heteroatoms. The summed E-state index contributed by atoms with van der Waals surface area (Å²) in [6, 6.07) is 15.2. The van der Waals surface area contributed by atoms with Gasteiger partial charge in [-0.2, -0.15) is 0 Å². The number of esters is 1. The van der Waals surface area contributed by atoms with Crippen molar-refractivity contribution in [2.45, 2.75) is 13.8 Å². The number of carbonyl (C=O) groups is 2. The number of ether oxygens (including phenoxy) is 3. The third-order valence-corrected chi connectivity index (χ3v) is 7.41. The summed E-state index contributed by atoms with van der Waals surface area (Å²) < 4.78 is 18.8. The van der Waals surface area contributed by atoms with Gasteiger partial charge in [0.25, 0.3) is 0 Å². The van der Waals surface area contributed by atoms with Crippen molar-refractivity contribution in [3.05, 3.63) is 86.0 Å². The predicted octanol–water partition coefficient (Wildman–Crippen LogP) is 5.96. The van der Waals surface area contributed by atoms with Crippen molar-refractivity contribution < 1.29 is 23.8 Å². The molecule has 178 valence electrons. The maximum Gasteiger partial charge on any atom is 0.340 e. The van der Waals surface area contributed by atoms with Gasteiger partial charge in [-0.1, -0.05) is 12.1 Å². The first-order chi connectivity index (χ1) is 17.0. The Kier molecular flexibility index (Phi) is 6.57. The second-order valence-electron chi connectivity index (χ2n) is 8.00. The standard InChI is InChI=1S/C27H23NO5S2/c1-17-13-21(18(2)28(17)19-7-8-24-25(14-19)32-10-9-31-24)23(29)16-33-27(30)22(26-6-4-12-35-26)15-20-5-3-11-34-20/h3-8,11-15H,9-10,16H2,1-2H3/b22-15+. The Morgan fingerprint density at radius 1 is 1.00 bits per heavy atom. The molecule has 0 atom stereocenters. The fourth-order valence-corrected chi connectivity index (χ4v) is 5.47. The Labute approximate surface area is 211 Å². The van der Waals surface area contributed by atoms with E-state index >= 15 is 0 Å². The SMILES string of the molecule is Cc1cc(C(=O)COC(=O)/C(=C/c2cccs2)c2cccs2)c(C)n1-c1ccc2c(c1)OCCO2. The molecule has 0 spiro atoms. The van der Waals surface area contributed by atoms with Crippen molar-refractivity contribution in [1.29, 1.82) is 0 Å². The molecule has 6 nitrogen and oxygen atoms in total. The van der Waals surface area contributed by atoms with Crippen molar-refractivity contribution in [2.24, 2.45) is 0 Å². The van der Waals surface area contributed by atoms with E-state index in [1.807, 2.05) is 77.7 Å². The molecule has 1 aromatic carbocycles. The summed E-state index contributed by atoms with van der Waals surface area (Å²) in [7, 11) is 0. The van der Waals surface area contributed by atoms with Crippen LogP contribution in [0, 0.1) is 13.8 Å². The van der Waals surface area contributed by atoms with Crippen LogP contribution in [0.15, 0.2) is 59.3 Å². The number of thiophene rings is 2. The van der Waals surface area contributed by atoms with Gasteiger partial charge in [-0.3, -0.25) is 4.79 Å². The highest BCUT2D eigenvalue weighted by molar-refractivity contribution is 7.12. The minimum absolute atomic E-state index is 0.253. The molecular formula is C27H23NO5S2. The molecule has 35 heavy (non-hydrogen) atoms. The van der Waals surface area contributed by atoms with Gasteiger partial charge in [-0.05, 0) is 61.0 Å².